The van der Waals surface area contributed by atoms with E-state index >= 15 is 0 Å². The summed E-state index contributed by atoms with van der Waals surface area (Å²) in [6.45, 7) is 14.5. The standard InChI is InChI=1S/C11H20.2C2H6/c1-4-7-9-11(6-3)10-8-5-2;2*1-2/h4,7,9H,5-6,8,10H2,1-3H3;2*1-2H3/b7-4-,11-9+;;. The zero-order valence-corrected chi connectivity index (χ0v) is 12.1. The Kier molecular flexibility index (Phi) is 31.1. The first-order chi connectivity index (χ1) is 7.35. The van der Waals surface area contributed by atoms with Crippen LogP contribution in [0.1, 0.15) is 74.1 Å². The van der Waals surface area contributed by atoms with Gasteiger partial charge in [-0.15, -0.1) is 0 Å². The van der Waals surface area contributed by atoms with Crippen molar-refractivity contribution in [3.63, 3.8) is 0 Å². The van der Waals surface area contributed by atoms with Crippen molar-refractivity contribution < 1.29 is 0 Å². The highest BCUT2D eigenvalue weighted by atomic mass is 14.0. The van der Waals surface area contributed by atoms with E-state index in [-0.39, 0.29) is 0 Å². The molecule has 0 amide bonds. The van der Waals surface area contributed by atoms with Crippen LogP contribution >= 0.6 is 0 Å². The van der Waals surface area contributed by atoms with Gasteiger partial charge in [0.15, 0.2) is 0 Å². The fraction of sp³-hybridized carbons (Fsp3) is 0.733. The first kappa shape index (κ1) is 20.0. The van der Waals surface area contributed by atoms with Gasteiger partial charge in [-0.3, -0.25) is 0 Å². The first-order valence-corrected chi connectivity index (χ1v) is 6.65. The highest BCUT2D eigenvalue weighted by Gasteiger charge is 1.90. The topological polar surface area (TPSA) is 0 Å². The molecule has 0 aliphatic heterocycles. The summed E-state index contributed by atoms with van der Waals surface area (Å²) in [6, 6.07) is 0. The molecule has 0 aliphatic carbocycles. The fourth-order valence-corrected chi connectivity index (χ4v) is 1.01. The quantitative estimate of drug-likeness (QED) is 0.480. The van der Waals surface area contributed by atoms with E-state index in [1.165, 1.54) is 25.7 Å². The van der Waals surface area contributed by atoms with Gasteiger partial charge in [0.05, 0.1) is 0 Å². The Labute approximate surface area is 98.5 Å². The third-order valence-electron chi connectivity index (χ3n) is 1.83. The number of hydrogen-bond acceptors (Lipinski definition) is 0. The Bertz CT molecular complexity index is 129. The van der Waals surface area contributed by atoms with E-state index in [1.54, 1.807) is 5.57 Å². The minimum atomic E-state index is 1.20. The summed E-state index contributed by atoms with van der Waals surface area (Å²) in [5, 5.41) is 0. The molecule has 0 heterocycles. The van der Waals surface area contributed by atoms with Gasteiger partial charge in [0, 0.05) is 0 Å². The molecule has 0 saturated carbocycles. The van der Waals surface area contributed by atoms with Crippen LogP contribution in [0.15, 0.2) is 23.8 Å². The maximum Gasteiger partial charge on any atom is -0.0317 e. The van der Waals surface area contributed by atoms with E-state index in [4.69, 9.17) is 0 Å². The van der Waals surface area contributed by atoms with Crippen molar-refractivity contribution in [3.8, 4) is 0 Å². The highest BCUT2D eigenvalue weighted by Crippen LogP contribution is 2.10. The summed E-state index contributed by atoms with van der Waals surface area (Å²) in [6.07, 6.45) is 11.6. The second kappa shape index (κ2) is 23.4. The molecule has 0 atom stereocenters. The number of allylic oxidation sites excluding steroid dienone is 4. The lowest BCUT2D eigenvalue weighted by Gasteiger charge is -2.00. The van der Waals surface area contributed by atoms with Crippen molar-refractivity contribution >= 4 is 0 Å². The maximum absolute atomic E-state index is 2.25. The normalized spacial score (nSPS) is 10.2. The van der Waals surface area contributed by atoms with E-state index in [9.17, 15) is 0 Å². The Morgan fingerprint density at radius 3 is 1.87 bits per heavy atom. The lowest BCUT2D eigenvalue weighted by Crippen LogP contribution is -1.80. The minimum absolute atomic E-state index is 1.20. The molecule has 0 fully saturated rings. The summed E-state index contributed by atoms with van der Waals surface area (Å²) < 4.78 is 0. The molecule has 92 valence electrons. The molecular weight excluding hydrogens is 180 g/mol. The zero-order chi connectivity index (χ0) is 12.5. The van der Waals surface area contributed by atoms with E-state index in [0.29, 0.717) is 0 Å². The van der Waals surface area contributed by atoms with Crippen molar-refractivity contribution in [2.24, 2.45) is 0 Å². The van der Waals surface area contributed by atoms with Gasteiger partial charge in [0.2, 0.25) is 0 Å². The SMILES string of the molecule is C/C=C\C=C(/CC)CCCC.CC.CC. The minimum Gasteiger partial charge on any atom is -0.0877 e. The molecule has 0 aromatic heterocycles. The summed E-state index contributed by atoms with van der Waals surface area (Å²) in [7, 11) is 0. The molecule has 0 aromatic rings. The van der Waals surface area contributed by atoms with Gasteiger partial charge in [0.25, 0.3) is 0 Å². The van der Waals surface area contributed by atoms with Crippen LogP contribution < -0.4 is 0 Å². The second-order valence-electron chi connectivity index (χ2n) is 2.81. The third-order valence-corrected chi connectivity index (χ3v) is 1.83. The van der Waals surface area contributed by atoms with Gasteiger partial charge in [-0.05, 0) is 26.2 Å². The molecule has 0 radical (unpaired) electrons. The smallest absolute Gasteiger partial charge is 0.0317 e. The summed E-state index contributed by atoms with van der Waals surface area (Å²) >= 11 is 0. The Morgan fingerprint density at radius 2 is 1.53 bits per heavy atom. The third kappa shape index (κ3) is 19.8. The molecule has 0 rings (SSSR count). The van der Waals surface area contributed by atoms with Crippen LogP contribution in [0.3, 0.4) is 0 Å². The molecule has 0 nitrogen and oxygen atoms in total. The van der Waals surface area contributed by atoms with Crippen molar-refractivity contribution in [1.29, 1.82) is 0 Å². The lowest BCUT2D eigenvalue weighted by atomic mass is 10.1. The molecule has 0 N–H and O–H groups in total. The van der Waals surface area contributed by atoms with Crippen LogP contribution in [0.2, 0.25) is 0 Å². The van der Waals surface area contributed by atoms with E-state index < -0.39 is 0 Å². The molecule has 0 heteroatoms. The molecule has 0 spiro atoms. The molecule has 0 aromatic carbocycles. The first-order valence-electron chi connectivity index (χ1n) is 6.65. The van der Waals surface area contributed by atoms with Crippen molar-refractivity contribution in [2.45, 2.75) is 74.1 Å². The fourth-order valence-electron chi connectivity index (χ4n) is 1.01. The summed E-state index contributed by atoms with van der Waals surface area (Å²) in [5.74, 6) is 0. The van der Waals surface area contributed by atoms with Gasteiger partial charge >= 0.3 is 0 Å². The molecule has 0 unspecified atom stereocenters. The van der Waals surface area contributed by atoms with Crippen molar-refractivity contribution in [3.05, 3.63) is 23.8 Å². The van der Waals surface area contributed by atoms with Gasteiger partial charge in [-0.2, -0.15) is 0 Å². The van der Waals surface area contributed by atoms with Crippen LogP contribution in [0, 0.1) is 0 Å². The van der Waals surface area contributed by atoms with Gasteiger partial charge in [-0.25, -0.2) is 0 Å². The lowest BCUT2D eigenvalue weighted by molar-refractivity contribution is 0.766. The van der Waals surface area contributed by atoms with E-state index in [0.717, 1.165) is 0 Å². The van der Waals surface area contributed by atoms with Crippen LogP contribution in [0.25, 0.3) is 0 Å². The number of unbranched alkanes of at least 4 members (excludes halogenated alkanes) is 1. The molecule has 0 bridgehead atoms. The Balaban J connectivity index is -0.000000318. The summed E-state index contributed by atoms with van der Waals surface area (Å²) in [5.41, 5.74) is 1.57. The average molecular weight is 212 g/mol. The number of hydrogen-bond donors (Lipinski definition) is 0. The van der Waals surface area contributed by atoms with Gasteiger partial charge < -0.3 is 0 Å². The monoisotopic (exact) mass is 212 g/mol. The molecule has 15 heavy (non-hydrogen) atoms. The molecular formula is C15H32. The molecule has 0 aliphatic rings. The van der Waals surface area contributed by atoms with Crippen LogP contribution in [-0.4, -0.2) is 0 Å². The highest BCUT2D eigenvalue weighted by molar-refractivity contribution is 5.11. The van der Waals surface area contributed by atoms with Crippen LogP contribution in [-0.2, 0) is 0 Å². The van der Waals surface area contributed by atoms with Crippen molar-refractivity contribution in [1.82, 2.24) is 0 Å². The van der Waals surface area contributed by atoms with Crippen molar-refractivity contribution in [2.75, 3.05) is 0 Å². The average Bonchev–Trinajstić information content (AvgIpc) is 2.34. The second-order valence-corrected chi connectivity index (χ2v) is 2.81. The summed E-state index contributed by atoms with van der Waals surface area (Å²) in [4.78, 5) is 0. The maximum atomic E-state index is 2.25. The predicted molar refractivity (Wildman–Crippen MR) is 75.4 cm³/mol. The van der Waals surface area contributed by atoms with Gasteiger partial charge in [-0.1, -0.05) is 71.8 Å². The van der Waals surface area contributed by atoms with Crippen LogP contribution in [0.4, 0.5) is 0 Å². The van der Waals surface area contributed by atoms with E-state index in [1.807, 2.05) is 27.7 Å². The largest absolute Gasteiger partial charge is 0.0877 e. The predicted octanol–water partition coefficient (Wildman–Crippen LogP) is 6.14. The van der Waals surface area contributed by atoms with Crippen LogP contribution in [0.5, 0.6) is 0 Å². The Morgan fingerprint density at radius 1 is 1.00 bits per heavy atom. The number of rotatable bonds is 5. The van der Waals surface area contributed by atoms with E-state index in [2.05, 4.69) is 39.0 Å². The zero-order valence-electron chi connectivity index (χ0n) is 12.1. The Hall–Kier alpha value is -0.520. The van der Waals surface area contributed by atoms with Gasteiger partial charge in [0.1, 0.15) is 0 Å². The molecule has 0 saturated heterocycles.